The zero-order chi connectivity index (χ0) is 35.6. The van der Waals surface area contributed by atoms with Crippen LogP contribution in [0.1, 0.15) is 117 Å². The summed E-state index contributed by atoms with van der Waals surface area (Å²) in [6, 6.07) is 27.8. The molecule has 0 fully saturated rings. The molecule has 0 heterocycles. The van der Waals surface area contributed by atoms with Crippen molar-refractivity contribution in [2.24, 2.45) is 9.98 Å². The van der Waals surface area contributed by atoms with Crippen LogP contribution < -0.4 is 10.2 Å². The first kappa shape index (κ1) is 39.5. The molecule has 5 aromatic rings. The van der Waals surface area contributed by atoms with Crippen LogP contribution >= 0.6 is 0 Å². The van der Waals surface area contributed by atoms with Gasteiger partial charge in [0.05, 0.1) is 22.8 Å². The Morgan fingerprint density at radius 3 is 1.39 bits per heavy atom. The van der Waals surface area contributed by atoms with Crippen molar-refractivity contribution in [3.05, 3.63) is 107 Å². The Labute approximate surface area is 304 Å². The molecule has 0 saturated heterocycles. The first-order valence-corrected chi connectivity index (χ1v) is 17.1. The fraction of sp³-hybridized carbons (Fsp3) is 0.364. The van der Waals surface area contributed by atoms with E-state index in [1.54, 1.807) is 24.3 Å². The number of nitrogens with zero attached hydrogens (tertiary/aromatic N) is 2. The number of para-hydroxylation sites is 1. The third kappa shape index (κ3) is 9.00. The molecule has 0 atom stereocenters. The quantitative estimate of drug-likeness (QED) is 0.104. The fourth-order valence-electron chi connectivity index (χ4n) is 5.95. The van der Waals surface area contributed by atoms with Gasteiger partial charge in [-0.2, -0.15) is 0 Å². The number of hydrogen-bond donors (Lipinski definition) is 0. The Hall–Kier alpha value is -3.95. The molecule has 5 rings (SSSR count). The molecular weight excluding hydrogens is 647 g/mol. The van der Waals surface area contributed by atoms with Crippen molar-refractivity contribution in [1.82, 2.24) is 0 Å². The summed E-state index contributed by atoms with van der Waals surface area (Å²) in [5.74, 6) is 0.0329. The van der Waals surface area contributed by atoms with E-state index in [0.717, 1.165) is 33.6 Å². The Balaban J connectivity index is 0.000000317. The normalized spacial score (nSPS) is 12.7. The topological polar surface area (TPSA) is 70.8 Å². The number of aliphatic imine (C=N–C) groups is 2. The molecule has 0 saturated carbocycles. The van der Waals surface area contributed by atoms with Gasteiger partial charge in [0.1, 0.15) is 0 Å². The molecule has 5 heteroatoms. The van der Waals surface area contributed by atoms with Gasteiger partial charge >= 0.3 is 16.5 Å². The number of fused-ring (bicyclic) bond motifs is 3. The molecule has 0 radical (unpaired) electrons. The van der Waals surface area contributed by atoms with E-state index < -0.39 is 11.5 Å². The summed E-state index contributed by atoms with van der Waals surface area (Å²) in [5.41, 5.74) is 9.39. The van der Waals surface area contributed by atoms with E-state index in [1.807, 2.05) is 24.3 Å². The summed E-state index contributed by atoms with van der Waals surface area (Å²) < 4.78 is 0. The van der Waals surface area contributed by atoms with Gasteiger partial charge < -0.3 is 10.2 Å². The fourth-order valence-corrected chi connectivity index (χ4v) is 5.95. The van der Waals surface area contributed by atoms with Gasteiger partial charge in [-0.15, -0.1) is 11.5 Å². The minimum absolute atomic E-state index is 0. The van der Waals surface area contributed by atoms with Crippen LogP contribution in [0.15, 0.2) is 94.9 Å². The first-order valence-electron chi connectivity index (χ1n) is 17.1. The summed E-state index contributed by atoms with van der Waals surface area (Å²) >= 11 is 0. The molecule has 0 aromatic heterocycles. The molecule has 0 unspecified atom stereocenters. The van der Waals surface area contributed by atoms with Crippen LogP contribution in [0, 0.1) is 0 Å². The van der Waals surface area contributed by atoms with Crippen molar-refractivity contribution < 1.29 is 26.7 Å². The van der Waals surface area contributed by atoms with E-state index in [0.29, 0.717) is 22.6 Å². The second-order valence-corrected chi connectivity index (χ2v) is 15.5. The van der Waals surface area contributed by atoms with E-state index in [9.17, 15) is 10.2 Å². The molecule has 0 amide bonds. The maximum atomic E-state index is 11.8. The average molecular weight is 700 g/mol. The number of benzene rings is 5. The van der Waals surface area contributed by atoms with Crippen LogP contribution in [-0.2, 0) is 27.3 Å². The van der Waals surface area contributed by atoms with E-state index in [1.165, 1.54) is 22.3 Å². The molecule has 0 bridgehead atoms. The molecule has 5 aromatic carbocycles. The predicted octanol–water partition coefficient (Wildman–Crippen LogP) is 11.6. The van der Waals surface area contributed by atoms with Gasteiger partial charge in [0.2, 0.25) is 0 Å². The van der Waals surface area contributed by atoms with Crippen molar-refractivity contribution >= 4 is 44.3 Å². The second kappa shape index (κ2) is 15.7. The van der Waals surface area contributed by atoms with E-state index in [2.05, 4.69) is 119 Å². The summed E-state index contributed by atoms with van der Waals surface area (Å²) in [5, 5.41) is 26.4. The molecule has 0 aliphatic heterocycles. The number of rotatable bonds is 5. The van der Waals surface area contributed by atoms with Crippen LogP contribution in [-0.4, -0.2) is 11.4 Å². The Morgan fingerprint density at radius 1 is 0.551 bits per heavy atom. The minimum atomic E-state index is -0.408. The van der Waals surface area contributed by atoms with Gasteiger partial charge in [-0.25, -0.2) is 0 Å². The van der Waals surface area contributed by atoms with E-state index in [-0.39, 0.29) is 27.3 Å². The number of hydrogen-bond acceptors (Lipinski definition) is 4. The molecule has 0 N–H and O–H groups in total. The molecule has 260 valence electrons. The largest absolute Gasteiger partial charge is 2.00 e. The van der Waals surface area contributed by atoms with Gasteiger partial charge in [-0.1, -0.05) is 148 Å². The standard InChI is InChI=1S/C30H44N2.C14H10O2.Ni/c1-19(2)24-14-13-15-25(20(3)4)28(24)32-22(6)21(5)31-27-18-23(29(7,8)9)16-17-26(27)30(10,11)12;15-13-11-7-3-1-5-9(11)10-6-2-4-8-12(10)14(13)16;/h13-20H,1-12H3;1-8,15-16H;/q;;+2/p-2. The van der Waals surface area contributed by atoms with Gasteiger partial charge in [0.15, 0.2) is 0 Å². The molecular formula is C44H52N2NiO2. The zero-order valence-electron chi connectivity index (χ0n) is 31.3. The smallest absolute Gasteiger partial charge is 0.872 e. The zero-order valence-corrected chi connectivity index (χ0v) is 32.3. The van der Waals surface area contributed by atoms with Gasteiger partial charge in [-0.05, 0) is 86.4 Å². The van der Waals surface area contributed by atoms with Gasteiger partial charge in [0, 0.05) is 0 Å². The van der Waals surface area contributed by atoms with Crippen LogP contribution in [0.3, 0.4) is 0 Å². The molecule has 4 nitrogen and oxygen atoms in total. The van der Waals surface area contributed by atoms with Crippen molar-refractivity contribution in [3.63, 3.8) is 0 Å². The third-order valence-corrected chi connectivity index (χ3v) is 8.95. The van der Waals surface area contributed by atoms with Gasteiger partial charge in [-0.3, -0.25) is 9.98 Å². The summed E-state index contributed by atoms with van der Waals surface area (Å²) in [6.07, 6.45) is 0. The SMILES string of the molecule is CC(=Nc1cc(C(C)(C)C)ccc1C(C)(C)C)C(C)=Nc1c(C(C)C)cccc1C(C)C.[Ni+2].[O-]c1c([O-])c2ccccc2c2ccccc12. The maximum Gasteiger partial charge on any atom is 2.00 e. The molecule has 0 aliphatic carbocycles. The summed E-state index contributed by atoms with van der Waals surface area (Å²) in [4.78, 5) is 10.3. The van der Waals surface area contributed by atoms with Crippen LogP contribution in [0.2, 0.25) is 0 Å². The van der Waals surface area contributed by atoms with Crippen molar-refractivity contribution in [3.8, 4) is 11.5 Å². The van der Waals surface area contributed by atoms with Crippen molar-refractivity contribution in [2.45, 2.75) is 106 Å². The Bertz CT molecular complexity index is 1900. The summed E-state index contributed by atoms with van der Waals surface area (Å²) in [7, 11) is 0. The third-order valence-electron chi connectivity index (χ3n) is 8.95. The Morgan fingerprint density at radius 2 is 0.980 bits per heavy atom. The van der Waals surface area contributed by atoms with Crippen molar-refractivity contribution in [2.75, 3.05) is 0 Å². The van der Waals surface area contributed by atoms with Crippen molar-refractivity contribution in [1.29, 1.82) is 0 Å². The Kier molecular flexibility index (Phi) is 12.7. The summed E-state index contributed by atoms with van der Waals surface area (Å²) in [6.45, 7) is 26.6. The van der Waals surface area contributed by atoms with Crippen LogP contribution in [0.5, 0.6) is 11.5 Å². The monoisotopic (exact) mass is 698 g/mol. The molecule has 0 aliphatic rings. The van der Waals surface area contributed by atoms with Gasteiger partial charge in [0.25, 0.3) is 0 Å². The first-order chi connectivity index (χ1) is 22.4. The minimum Gasteiger partial charge on any atom is -0.872 e. The van der Waals surface area contributed by atoms with E-state index in [4.69, 9.17) is 9.98 Å². The average Bonchev–Trinajstić information content (AvgIpc) is 3.02. The maximum absolute atomic E-state index is 11.8. The second-order valence-electron chi connectivity index (χ2n) is 15.5. The molecule has 49 heavy (non-hydrogen) atoms. The predicted molar refractivity (Wildman–Crippen MR) is 204 cm³/mol. The van der Waals surface area contributed by atoms with E-state index >= 15 is 0 Å². The molecule has 0 spiro atoms. The van der Waals surface area contributed by atoms with Crippen LogP contribution in [0.4, 0.5) is 11.4 Å². The van der Waals surface area contributed by atoms with Crippen LogP contribution in [0.25, 0.3) is 21.5 Å².